The molecule has 1 rings (SSSR count). The van der Waals surface area contributed by atoms with E-state index in [4.69, 9.17) is 4.74 Å². The molecule has 0 atom stereocenters. The molecule has 0 aliphatic carbocycles. The fraction of sp³-hybridized carbons (Fsp3) is 0.588. The Morgan fingerprint density at radius 2 is 1.70 bits per heavy atom. The SMILES string of the molecule is CCCCCCCCCOc1ccccc1NC(C)=O. The van der Waals surface area contributed by atoms with E-state index in [1.807, 2.05) is 24.3 Å². The van der Waals surface area contributed by atoms with Gasteiger partial charge in [-0.3, -0.25) is 4.79 Å². The van der Waals surface area contributed by atoms with Gasteiger partial charge in [0.25, 0.3) is 0 Å². The highest BCUT2D eigenvalue weighted by Gasteiger charge is 2.03. The molecule has 20 heavy (non-hydrogen) atoms. The highest BCUT2D eigenvalue weighted by molar-refractivity contribution is 5.90. The molecule has 0 aliphatic heterocycles. The van der Waals surface area contributed by atoms with E-state index in [2.05, 4.69) is 12.2 Å². The van der Waals surface area contributed by atoms with Crippen molar-refractivity contribution < 1.29 is 9.53 Å². The first-order valence-electron chi connectivity index (χ1n) is 7.73. The summed E-state index contributed by atoms with van der Waals surface area (Å²) in [6.07, 6.45) is 8.89. The van der Waals surface area contributed by atoms with Gasteiger partial charge in [-0.2, -0.15) is 0 Å². The van der Waals surface area contributed by atoms with Crippen LogP contribution in [0.1, 0.15) is 58.8 Å². The molecular formula is C17H27NO2. The van der Waals surface area contributed by atoms with Crippen molar-refractivity contribution in [1.82, 2.24) is 0 Å². The second-order valence-corrected chi connectivity index (χ2v) is 5.15. The summed E-state index contributed by atoms with van der Waals surface area (Å²) >= 11 is 0. The third kappa shape index (κ3) is 7.17. The number of hydrogen-bond acceptors (Lipinski definition) is 2. The van der Waals surface area contributed by atoms with Crippen LogP contribution in [0.4, 0.5) is 5.69 Å². The van der Waals surface area contributed by atoms with Crippen LogP contribution in [0.25, 0.3) is 0 Å². The first-order valence-corrected chi connectivity index (χ1v) is 7.73. The molecule has 112 valence electrons. The molecule has 0 bridgehead atoms. The van der Waals surface area contributed by atoms with Crippen molar-refractivity contribution in [3.8, 4) is 5.75 Å². The molecule has 0 unspecified atom stereocenters. The molecule has 0 heterocycles. The molecule has 0 spiro atoms. The van der Waals surface area contributed by atoms with Gasteiger partial charge in [0.15, 0.2) is 0 Å². The van der Waals surface area contributed by atoms with Crippen LogP contribution in [0.2, 0.25) is 0 Å². The third-order valence-corrected chi connectivity index (χ3v) is 3.20. The van der Waals surface area contributed by atoms with Gasteiger partial charge in [-0.15, -0.1) is 0 Å². The molecule has 3 heteroatoms. The Morgan fingerprint density at radius 3 is 2.40 bits per heavy atom. The van der Waals surface area contributed by atoms with Crippen LogP contribution < -0.4 is 10.1 Å². The number of para-hydroxylation sites is 2. The predicted octanol–water partition coefficient (Wildman–Crippen LogP) is 4.77. The summed E-state index contributed by atoms with van der Waals surface area (Å²) in [5, 5.41) is 2.78. The summed E-state index contributed by atoms with van der Waals surface area (Å²) in [5.41, 5.74) is 0.753. The van der Waals surface area contributed by atoms with Crippen LogP contribution in [0.3, 0.4) is 0 Å². The number of nitrogens with one attached hydrogen (secondary N) is 1. The Morgan fingerprint density at radius 1 is 1.05 bits per heavy atom. The quantitative estimate of drug-likeness (QED) is 0.625. The minimum absolute atomic E-state index is 0.0722. The second-order valence-electron chi connectivity index (χ2n) is 5.15. The van der Waals surface area contributed by atoms with Crippen molar-refractivity contribution in [1.29, 1.82) is 0 Å². The molecule has 1 aromatic carbocycles. The first-order chi connectivity index (χ1) is 9.74. The van der Waals surface area contributed by atoms with Gasteiger partial charge in [-0.25, -0.2) is 0 Å². The number of benzene rings is 1. The van der Waals surface area contributed by atoms with Gasteiger partial charge in [-0.05, 0) is 18.6 Å². The standard InChI is InChI=1S/C17H27NO2/c1-3-4-5-6-7-8-11-14-20-17-13-10-9-12-16(17)18-15(2)19/h9-10,12-13H,3-8,11,14H2,1-2H3,(H,18,19). The number of anilines is 1. The Kier molecular flexibility index (Phi) is 8.52. The molecule has 1 amide bonds. The molecule has 3 nitrogen and oxygen atoms in total. The Balaban J connectivity index is 2.20. The summed E-state index contributed by atoms with van der Waals surface area (Å²) in [6, 6.07) is 7.57. The smallest absolute Gasteiger partial charge is 0.221 e. The average molecular weight is 277 g/mol. The van der Waals surface area contributed by atoms with Gasteiger partial charge in [0.1, 0.15) is 5.75 Å². The van der Waals surface area contributed by atoms with Crippen LogP contribution in [-0.4, -0.2) is 12.5 Å². The first kappa shape index (κ1) is 16.5. The van der Waals surface area contributed by atoms with Crippen LogP contribution in [0, 0.1) is 0 Å². The van der Waals surface area contributed by atoms with Gasteiger partial charge in [0.2, 0.25) is 5.91 Å². The van der Waals surface area contributed by atoms with Crippen molar-refractivity contribution >= 4 is 11.6 Å². The number of unbranched alkanes of at least 4 members (excludes halogenated alkanes) is 6. The fourth-order valence-electron chi connectivity index (χ4n) is 2.13. The Hall–Kier alpha value is -1.51. The summed E-state index contributed by atoms with van der Waals surface area (Å²) < 4.78 is 5.75. The molecule has 0 aliphatic rings. The zero-order valence-electron chi connectivity index (χ0n) is 12.8. The van der Waals surface area contributed by atoms with Gasteiger partial charge in [0, 0.05) is 6.92 Å². The number of ether oxygens (including phenoxy) is 1. The number of carbonyl (C=O) groups is 1. The largest absolute Gasteiger partial charge is 0.491 e. The van der Waals surface area contributed by atoms with Crippen LogP contribution in [0.5, 0.6) is 5.75 Å². The lowest BCUT2D eigenvalue weighted by atomic mass is 10.1. The minimum atomic E-state index is -0.0722. The van der Waals surface area contributed by atoms with E-state index in [0.717, 1.165) is 17.9 Å². The fourth-order valence-corrected chi connectivity index (χ4v) is 2.13. The van der Waals surface area contributed by atoms with E-state index in [0.29, 0.717) is 6.61 Å². The molecule has 1 aromatic rings. The van der Waals surface area contributed by atoms with E-state index < -0.39 is 0 Å². The molecule has 0 radical (unpaired) electrons. The van der Waals surface area contributed by atoms with Gasteiger partial charge < -0.3 is 10.1 Å². The highest BCUT2D eigenvalue weighted by atomic mass is 16.5. The maximum atomic E-state index is 11.1. The van der Waals surface area contributed by atoms with Crippen molar-refractivity contribution in [2.45, 2.75) is 58.8 Å². The summed E-state index contributed by atoms with van der Waals surface area (Å²) in [7, 11) is 0. The lowest BCUT2D eigenvalue weighted by molar-refractivity contribution is -0.114. The maximum Gasteiger partial charge on any atom is 0.221 e. The third-order valence-electron chi connectivity index (χ3n) is 3.20. The average Bonchev–Trinajstić information content (AvgIpc) is 2.43. The van der Waals surface area contributed by atoms with Gasteiger partial charge >= 0.3 is 0 Å². The topological polar surface area (TPSA) is 38.3 Å². The van der Waals surface area contributed by atoms with E-state index >= 15 is 0 Å². The normalized spacial score (nSPS) is 10.3. The Labute approximate surface area is 122 Å². The van der Waals surface area contributed by atoms with E-state index in [1.165, 1.54) is 45.4 Å². The highest BCUT2D eigenvalue weighted by Crippen LogP contribution is 2.23. The molecule has 0 fully saturated rings. The van der Waals surface area contributed by atoms with E-state index in [9.17, 15) is 4.79 Å². The second kappa shape index (κ2) is 10.3. The number of rotatable bonds is 10. The van der Waals surface area contributed by atoms with Crippen molar-refractivity contribution in [3.05, 3.63) is 24.3 Å². The van der Waals surface area contributed by atoms with Crippen molar-refractivity contribution in [2.24, 2.45) is 0 Å². The number of amides is 1. The molecule has 0 saturated carbocycles. The maximum absolute atomic E-state index is 11.1. The van der Waals surface area contributed by atoms with Crippen LogP contribution in [0.15, 0.2) is 24.3 Å². The lowest BCUT2D eigenvalue weighted by Crippen LogP contribution is -2.08. The minimum Gasteiger partial charge on any atom is -0.491 e. The summed E-state index contributed by atoms with van der Waals surface area (Å²) in [5.74, 6) is 0.686. The van der Waals surface area contributed by atoms with Crippen LogP contribution >= 0.6 is 0 Å². The van der Waals surface area contributed by atoms with Crippen molar-refractivity contribution in [2.75, 3.05) is 11.9 Å². The molecule has 0 aromatic heterocycles. The summed E-state index contributed by atoms with van der Waals surface area (Å²) in [4.78, 5) is 11.1. The van der Waals surface area contributed by atoms with Gasteiger partial charge in [-0.1, -0.05) is 57.6 Å². The lowest BCUT2D eigenvalue weighted by Gasteiger charge is -2.11. The predicted molar refractivity (Wildman–Crippen MR) is 84.2 cm³/mol. The summed E-state index contributed by atoms with van der Waals surface area (Å²) in [6.45, 7) is 4.46. The Bertz CT molecular complexity index is 390. The molecular weight excluding hydrogens is 250 g/mol. The van der Waals surface area contributed by atoms with Crippen LogP contribution in [-0.2, 0) is 4.79 Å². The van der Waals surface area contributed by atoms with E-state index in [1.54, 1.807) is 0 Å². The number of hydrogen-bond donors (Lipinski definition) is 1. The van der Waals surface area contributed by atoms with Crippen molar-refractivity contribution in [3.63, 3.8) is 0 Å². The zero-order chi connectivity index (χ0) is 14.6. The molecule has 0 saturated heterocycles. The number of carbonyl (C=O) groups excluding carboxylic acids is 1. The van der Waals surface area contributed by atoms with Gasteiger partial charge in [0.05, 0.1) is 12.3 Å². The zero-order valence-corrected chi connectivity index (χ0v) is 12.8. The molecule has 1 N–H and O–H groups in total. The monoisotopic (exact) mass is 277 g/mol. The van der Waals surface area contributed by atoms with E-state index in [-0.39, 0.29) is 5.91 Å².